The van der Waals surface area contributed by atoms with E-state index in [0.29, 0.717) is 49.9 Å². The first-order valence-electron chi connectivity index (χ1n) is 13.8. The molecule has 0 aliphatic heterocycles. The van der Waals surface area contributed by atoms with Crippen molar-refractivity contribution < 1.29 is 14.2 Å². The molecule has 2 N–H and O–H groups in total. The molecule has 0 amide bonds. The lowest BCUT2D eigenvalue weighted by Crippen LogP contribution is -2.23. The standard InChI is InChI=1S/C33H33N5O3/c1-23-27(21-39-18-24-11-5-2-6-12-24)29(40-19-25-13-7-3-8-14-25)17-28(23)38-22-35-30-31(38)36-33(34)37-32(30)41-20-26-15-9-4-10-16-26/h2-16,22,27-29H,1,17-21H2,(H2,34,36,37)/t27-,28-,29-/m0/s1. The summed E-state index contributed by atoms with van der Waals surface area (Å²) in [6.45, 7) is 6.41. The van der Waals surface area contributed by atoms with E-state index in [-0.39, 0.29) is 24.0 Å². The highest BCUT2D eigenvalue weighted by Gasteiger charge is 2.40. The van der Waals surface area contributed by atoms with Gasteiger partial charge in [-0.15, -0.1) is 0 Å². The predicted octanol–water partition coefficient (Wildman–Crippen LogP) is 5.91. The van der Waals surface area contributed by atoms with Crippen LogP contribution in [0, 0.1) is 5.92 Å². The lowest BCUT2D eigenvalue weighted by Gasteiger charge is -2.21. The van der Waals surface area contributed by atoms with E-state index in [1.54, 1.807) is 6.33 Å². The van der Waals surface area contributed by atoms with E-state index in [2.05, 4.69) is 45.8 Å². The van der Waals surface area contributed by atoms with Gasteiger partial charge in [0.25, 0.3) is 0 Å². The molecule has 208 valence electrons. The summed E-state index contributed by atoms with van der Waals surface area (Å²) in [5.74, 6) is 0.488. The first-order chi connectivity index (χ1) is 20.2. The minimum Gasteiger partial charge on any atom is -0.471 e. The summed E-state index contributed by atoms with van der Waals surface area (Å²) in [5, 5.41) is 0. The summed E-state index contributed by atoms with van der Waals surface area (Å²) >= 11 is 0. The summed E-state index contributed by atoms with van der Waals surface area (Å²) in [7, 11) is 0. The van der Waals surface area contributed by atoms with E-state index < -0.39 is 0 Å². The molecule has 5 aromatic rings. The number of imidazole rings is 1. The normalized spacial score (nSPS) is 18.6. The van der Waals surface area contributed by atoms with Crippen molar-refractivity contribution in [2.24, 2.45) is 5.92 Å². The Morgan fingerprint density at radius 1 is 0.805 bits per heavy atom. The Hall–Kier alpha value is -4.53. The average Bonchev–Trinajstić information content (AvgIpc) is 3.56. The maximum Gasteiger partial charge on any atom is 0.247 e. The molecule has 1 saturated carbocycles. The molecule has 1 aliphatic rings. The SMILES string of the molecule is C=C1[C@H](COCc2ccccc2)[C@@H](OCc2ccccc2)C[C@@H]1n1cnc2c(OCc3ccccc3)nc(N)nc21. The highest BCUT2D eigenvalue weighted by molar-refractivity contribution is 5.78. The average molecular weight is 548 g/mol. The van der Waals surface area contributed by atoms with Gasteiger partial charge in [-0.05, 0) is 28.7 Å². The van der Waals surface area contributed by atoms with Gasteiger partial charge in [-0.2, -0.15) is 9.97 Å². The van der Waals surface area contributed by atoms with Gasteiger partial charge in [0.15, 0.2) is 11.2 Å². The van der Waals surface area contributed by atoms with Gasteiger partial charge in [0.2, 0.25) is 11.8 Å². The van der Waals surface area contributed by atoms with Gasteiger partial charge in [-0.1, -0.05) is 97.6 Å². The second kappa shape index (κ2) is 12.3. The van der Waals surface area contributed by atoms with Crippen LogP contribution in [-0.4, -0.2) is 32.2 Å². The molecule has 0 radical (unpaired) electrons. The molecule has 2 heterocycles. The number of ether oxygens (including phenoxy) is 3. The molecular weight excluding hydrogens is 514 g/mol. The molecule has 2 aromatic heterocycles. The lowest BCUT2D eigenvalue weighted by atomic mass is 10.0. The third-order valence-electron chi connectivity index (χ3n) is 7.49. The number of rotatable bonds is 11. The van der Waals surface area contributed by atoms with E-state index in [1.807, 2.05) is 71.3 Å². The number of nitrogens with two attached hydrogens (primary N) is 1. The molecule has 3 aromatic carbocycles. The fourth-order valence-corrected chi connectivity index (χ4v) is 5.33. The third kappa shape index (κ3) is 6.14. The van der Waals surface area contributed by atoms with Crippen LogP contribution in [0.25, 0.3) is 11.2 Å². The summed E-state index contributed by atoms with van der Waals surface area (Å²) in [6.07, 6.45) is 2.39. The summed E-state index contributed by atoms with van der Waals surface area (Å²) < 4.78 is 20.7. The van der Waals surface area contributed by atoms with E-state index in [4.69, 9.17) is 19.9 Å². The second-order valence-electron chi connectivity index (χ2n) is 10.3. The Kier molecular flexibility index (Phi) is 8.02. The van der Waals surface area contributed by atoms with E-state index in [9.17, 15) is 0 Å². The van der Waals surface area contributed by atoms with Crippen LogP contribution >= 0.6 is 0 Å². The van der Waals surface area contributed by atoms with Gasteiger partial charge in [-0.3, -0.25) is 0 Å². The van der Waals surface area contributed by atoms with Crippen molar-refractivity contribution in [1.29, 1.82) is 0 Å². The molecule has 0 bridgehead atoms. The zero-order valence-electron chi connectivity index (χ0n) is 22.8. The Bertz CT molecular complexity index is 1590. The van der Waals surface area contributed by atoms with Crippen LogP contribution < -0.4 is 10.5 Å². The van der Waals surface area contributed by atoms with Gasteiger partial charge < -0.3 is 24.5 Å². The van der Waals surface area contributed by atoms with Crippen LogP contribution in [0.2, 0.25) is 0 Å². The van der Waals surface area contributed by atoms with Gasteiger partial charge >= 0.3 is 0 Å². The zero-order chi connectivity index (χ0) is 28.0. The van der Waals surface area contributed by atoms with E-state index >= 15 is 0 Å². The van der Waals surface area contributed by atoms with Crippen molar-refractivity contribution in [2.45, 2.75) is 38.4 Å². The highest BCUT2D eigenvalue weighted by atomic mass is 16.5. The maximum absolute atomic E-state index is 6.49. The topological polar surface area (TPSA) is 97.3 Å². The van der Waals surface area contributed by atoms with Crippen LogP contribution in [0.5, 0.6) is 5.88 Å². The minimum atomic E-state index is -0.0950. The van der Waals surface area contributed by atoms with Gasteiger partial charge in [0, 0.05) is 5.92 Å². The van der Waals surface area contributed by atoms with Crippen LogP contribution in [0.3, 0.4) is 0 Å². The minimum absolute atomic E-state index is 0.00198. The second-order valence-corrected chi connectivity index (χ2v) is 10.3. The Morgan fingerprint density at radius 2 is 1.41 bits per heavy atom. The zero-order valence-corrected chi connectivity index (χ0v) is 22.8. The Balaban J connectivity index is 1.23. The fourth-order valence-electron chi connectivity index (χ4n) is 5.33. The number of hydrogen-bond donors (Lipinski definition) is 1. The number of anilines is 1. The molecule has 8 heteroatoms. The van der Waals surface area contributed by atoms with Crippen LogP contribution in [-0.2, 0) is 29.3 Å². The summed E-state index contributed by atoms with van der Waals surface area (Å²) in [6, 6.07) is 30.2. The molecule has 1 aliphatic carbocycles. The fraction of sp³-hybridized carbons (Fsp3) is 0.242. The Labute approximate surface area is 239 Å². The number of aromatic nitrogens is 4. The van der Waals surface area contributed by atoms with Crippen molar-refractivity contribution >= 4 is 17.1 Å². The van der Waals surface area contributed by atoms with Crippen molar-refractivity contribution in [3.8, 4) is 5.88 Å². The number of benzene rings is 3. The molecule has 8 nitrogen and oxygen atoms in total. The van der Waals surface area contributed by atoms with Crippen molar-refractivity contribution in [3.63, 3.8) is 0 Å². The molecular formula is C33H33N5O3. The van der Waals surface area contributed by atoms with Crippen molar-refractivity contribution in [2.75, 3.05) is 12.3 Å². The van der Waals surface area contributed by atoms with Gasteiger partial charge in [-0.25, -0.2) is 4.98 Å². The number of fused-ring (bicyclic) bond motifs is 1. The molecule has 41 heavy (non-hydrogen) atoms. The van der Waals surface area contributed by atoms with E-state index in [1.165, 1.54) is 0 Å². The largest absolute Gasteiger partial charge is 0.471 e. The lowest BCUT2D eigenvalue weighted by molar-refractivity contribution is -0.0122. The Morgan fingerprint density at radius 3 is 2.07 bits per heavy atom. The molecule has 0 saturated heterocycles. The van der Waals surface area contributed by atoms with Crippen LogP contribution in [0.4, 0.5) is 5.95 Å². The molecule has 0 spiro atoms. The summed E-state index contributed by atoms with van der Waals surface area (Å²) in [4.78, 5) is 13.5. The number of nitrogen functional groups attached to an aromatic ring is 1. The van der Waals surface area contributed by atoms with Crippen LogP contribution in [0.1, 0.15) is 29.2 Å². The summed E-state index contributed by atoms with van der Waals surface area (Å²) in [5.41, 5.74) is 11.6. The third-order valence-corrected chi connectivity index (χ3v) is 7.49. The maximum atomic E-state index is 6.49. The highest BCUT2D eigenvalue weighted by Crippen LogP contribution is 2.43. The first-order valence-corrected chi connectivity index (χ1v) is 13.8. The quantitative estimate of drug-likeness (QED) is 0.205. The molecule has 1 fully saturated rings. The molecule has 3 atom stereocenters. The van der Waals surface area contributed by atoms with Gasteiger partial charge in [0.1, 0.15) is 6.61 Å². The number of nitrogens with zero attached hydrogens (tertiary/aromatic N) is 4. The monoisotopic (exact) mass is 547 g/mol. The smallest absolute Gasteiger partial charge is 0.247 e. The van der Waals surface area contributed by atoms with E-state index in [0.717, 1.165) is 22.3 Å². The van der Waals surface area contributed by atoms with Crippen molar-refractivity contribution in [3.05, 3.63) is 126 Å². The van der Waals surface area contributed by atoms with Crippen molar-refractivity contribution in [1.82, 2.24) is 19.5 Å². The first kappa shape index (κ1) is 26.7. The molecule has 6 rings (SSSR count). The predicted molar refractivity (Wildman–Crippen MR) is 158 cm³/mol. The van der Waals surface area contributed by atoms with Crippen LogP contribution in [0.15, 0.2) is 109 Å². The molecule has 0 unspecified atom stereocenters. The number of hydrogen-bond acceptors (Lipinski definition) is 7. The van der Waals surface area contributed by atoms with Gasteiger partial charge in [0.05, 0.1) is 38.3 Å².